The standard InChI is InChI=1S/C19H18BrNO4/c1-13-6-8-14(9-7-13)17(22)10-11-19(24)25-12-18(23)21-16-5-3-2-4-15(16)20/h2-9H,10-12H2,1H3,(H,21,23). The monoisotopic (exact) mass is 403 g/mol. The molecule has 0 atom stereocenters. The van der Waals surface area contributed by atoms with E-state index in [1.807, 2.05) is 25.1 Å². The third-order valence-corrected chi connectivity index (χ3v) is 4.13. The fraction of sp³-hybridized carbons (Fsp3) is 0.211. The van der Waals surface area contributed by atoms with E-state index in [1.54, 1.807) is 30.3 Å². The number of hydrogen-bond donors (Lipinski definition) is 1. The molecule has 2 aromatic carbocycles. The second kappa shape index (κ2) is 9.13. The van der Waals surface area contributed by atoms with Crippen LogP contribution in [0.25, 0.3) is 0 Å². The first-order valence-corrected chi connectivity index (χ1v) is 8.55. The van der Waals surface area contributed by atoms with E-state index in [0.29, 0.717) is 11.3 Å². The first-order chi connectivity index (χ1) is 12.0. The molecule has 0 saturated carbocycles. The minimum Gasteiger partial charge on any atom is -0.456 e. The highest BCUT2D eigenvalue weighted by atomic mass is 79.9. The van der Waals surface area contributed by atoms with Gasteiger partial charge in [0, 0.05) is 16.5 Å². The number of Topliss-reactive ketones (excluding diaryl/α,β-unsaturated/α-hetero) is 1. The van der Waals surface area contributed by atoms with E-state index in [4.69, 9.17) is 4.74 Å². The molecule has 0 spiro atoms. The number of hydrogen-bond acceptors (Lipinski definition) is 4. The topological polar surface area (TPSA) is 72.5 Å². The van der Waals surface area contributed by atoms with Gasteiger partial charge in [-0.2, -0.15) is 0 Å². The van der Waals surface area contributed by atoms with Crippen molar-refractivity contribution in [2.24, 2.45) is 0 Å². The van der Waals surface area contributed by atoms with Crippen LogP contribution in [0.15, 0.2) is 53.0 Å². The van der Waals surface area contributed by atoms with Gasteiger partial charge in [-0.25, -0.2) is 0 Å². The lowest BCUT2D eigenvalue weighted by atomic mass is 10.1. The Morgan fingerprint density at radius 1 is 1.00 bits per heavy atom. The van der Waals surface area contributed by atoms with Crippen molar-refractivity contribution < 1.29 is 19.1 Å². The Hall–Kier alpha value is -2.47. The lowest BCUT2D eigenvalue weighted by Gasteiger charge is -2.08. The van der Waals surface area contributed by atoms with E-state index < -0.39 is 11.9 Å². The molecular formula is C19H18BrNO4. The highest BCUT2D eigenvalue weighted by molar-refractivity contribution is 9.10. The van der Waals surface area contributed by atoms with Crippen molar-refractivity contribution in [1.82, 2.24) is 0 Å². The molecular weight excluding hydrogens is 386 g/mol. The number of ether oxygens (including phenoxy) is 1. The smallest absolute Gasteiger partial charge is 0.306 e. The second-order valence-electron chi connectivity index (χ2n) is 5.48. The van der Waals surface area contributed by atoms with E-state index in [1.165, 1.54) is 0 Å². The molecule has 1 amide bonds. The van der Waals surface area contributed by atoms with Gasteiger partial charge in [-0.3, -0.25) is 14.4 Å². The zero-order chi connectivity index (χ0) is 18.2. The summed E-state index contributed by atoms with van der Waals surface area (Å²) in [6, 6.07) is 14.3. The molecule has 0 radical (unpaired) electrons. The van der Waals surface area contributed by atoms with Crippen LogP contribution < -0.4 is 5.32 Å². The molecule has 0 aliphatic rings. The summed E-state index contributed by atoms with van der Waals surface area (Å²) in [6.45, 7) is 1.55. The lowest BCUT2D eigenvalue weighted by Crippen LogP contribution is -2.21. The van der Waals surface area contributed by atoms with Crippen LogP contribution in [0.4, 0.5) is 5.69 Å². The Balaban J connectivity index is 1.73. The summed E-state index contributed by atoms with van der Waals surface area (Å²) in [5.74, 6) is -1.15. The number of carbonyl (C=O) groups excluding carboxylic acids is 3. The molecule has 0 aromatic heterocycles. The summed E-state index contributed by atoms with van der Waals surface area (Å²) < 4.78 is 5.64. The van der Waals surface area contributed by atoms with Crippen LogP contribution in [0, 0.1) is 6.92 Å². The Bertz CT molecular complexity index is 771. The van der Waals surface area contributed by atoms with Crippen molar-refractivity contribution in [2.75, 3.05) is 11.9 Å². The van der Waals surface area contributed by atoms with Crippen LogP contribution in [0.5, 0.6) is 0 Å². The van der Waals surface area contributed by atoms with E-state index in [-0.39, 0.29) is 25.2 Å². The summed E-state index contributed by atoms with van der Waals surface area (Å²) in [5, 5.41) is 2.63. The molecule has 0 heterocycles. The third kappa shape index (κ3) is 6.15. The fourth-order valence-electron chi connectivity index (χ4n) is 2.07. The third-order valence-electron chi connectivity index (χ3n) is 3.44. The number of anilines is 1. The number of carbonyl (C=O) groups is 3. The van der Waals surface area contributed by atoms with Gasteiger partial charge in [-0.15, -0.1) is 0 Å². The molecule has 0 aliphatic heterocycles. The molecule has 5 nitrogen and oxygen atoms in total. The van der Waals surface area contributed by atoms with Crippen molar-refractivity contribution in [3.63, 3.8) is 0 Å². The highest BCUT2D eigenvalue weighted by Gasteiger charge is 2.12. The van der Waals surface area contributed by atoms with Crippen LogP contribution in [-0.4, -0.2) is 24.3 Å². The van der Waals surface area contributed by atoms with Gasteiger partial charge >= 0.3 is 5.97 Å². The Labute approximate surface area is 154 Å². The molecule has 0 unspecified atom stereocenters. The summed E-state index contributed by atoms with van der Waals surface area (Å²) in [5.41, 5.74) is 2.22. The molecule has 1 N–H and O–H groups in total. The predicted molar refractivity (Wildman–Crippen MR) is 98.5 cm³/mol. The molecule has 0 saturated heterocycles. The number of para-hydroxylation sites is 1. The summed E-state index contributed by atoms with van der Waals surface area (Å²) >= 11 is 3.31. The van der Waals surface area contributed by atoms with Gasteiger partial charge in [0.1, 0.15) is 0 Å². The van der Waals surface area contributed by atoms with Gasteiger partial charge in [0.05, 0.1) is 12.1 Å². The van der Waals surface area contributed by atoms with Gasteiger partial charge in [-0.1, -0.05) is 42.0 Å². The largest absolute Gasteiger partial charge is 0.456 e. The molecule has 0 fully saturated rings. The van der Waals surface area contributed by atoms with Crippen molar-refractivity contribution in [2.45, 2.75) is 19.8 Å². The minimum absolute atomic E-state index is 0.0494. The van der Waals surface area contributed by atoms with Gasteiger partial charge in [0.25, 0.3) is 5.91 Å². The summed E-state index contributed by atoms with van der Waals surface area (Å²) in [7, 11) is 0. The quantitative estimate of drug-likeness (QED) is 0.561. The average molecular weight is 404 g/mol. The Kier molecular flexibility index (Phi) is 6.89. The van der Waals surface area contributed by atoms with Crippen molar-refractivity contribution in [1.29, 1.82) is 0 Å². The van der Waals surface area contributed by atoms with E-state index in [9.17, 15) is 14.4 Å². The molecule has 130 valence electrons. The van der Waals surface area contributed by atoms with Crippen molar-refractivity contribution in [3.8, 4) is 0 Å². The van der Waals surface area contributed by atoms with Crippen molar-refractivity contribution >= 4 is 39.3 Å². The summed E-state index contributed by atoms with van der Waals surface area (Å²) in [6.07, 6.45) is -0.0111. The van der Waals surface area contributed by atoms with Gasteiger partial charge in [0.15, 0.2) is 12.4 Å². The number of nitrogens with one attached hydrogen (secondary N) is 1. The van der Waals surface area contributed by atoms with Crippen LogP contribution in [0.2, 0.25) is 0 Å². The maximum absolute atomic E-state index is 12.0. The zero-order valence-corrected chi connectivity index (χ0v) is 15.3. The van der Waals surface area contributed by atoms with Crippen molar-refractivity contribution in [3.05, 3.63) is 64.1 Å². The second-order valence-corrected chi connectivity index (χ2v) is 6.33. The first kappa shape index (κ1) is 18.9. The highest BCUT2D eigenvalue weighted by Crippen LogP contribution is 2.20. The number of aryl methyl sites for hydroxylation is 1. The Morgan fingerprint density at radius 2 is 1.68 bits per heavy atom. The van der Waals surface area contributed by atoms with Gasteiger partial charge < -0.3 is 10.1 Å². The molecule has 0 aliphatic carbocycles. The van der Waals surface area contributed by atoms with E-state index >= 15 is 0 Å². The van der Waals surface area contributed by atoms with Gasteiger partial charge in [-0.05, 0) is 35.0 Å². The summed E-state index contributed by atoms with van der Waals surface area (Å²) in [4.78, 5) is 35.5. The van der Waals surface area contributed by atoms with Gasteiger partial charge in [0.2, 0.25) is 0 Å². The number of amides is 1. The normalized spacial score (nSPS) is 10.2. The average Bonchev–Trinajstić information content (AvgIpc) is 2.60. The fourth-order valence-corrected chi connectivity index (χ4v) is 2.45. The molecule has 25 heavy (non-hydrogen) atoms. The SMILES string of the molecule is Cc1ccc(C(=O)CCC(=O)OCC(=O)Nc2ccccc2Br)cc1. The zero-order valence-electron chi connectivity index (χ0n) is 13.8. The van der Waals surface area contributed by atoms with E-state index in [2.05, 4.69) is 21.2 Å². The number of benzene rings is 2. The number of rotatable bonds is 7. The number of halogens is 1. The molecule has 2 rings (SSSR count). The Morgan fingerprint density at radius 3 is 2.36 bits per heavy atom. The number of ketones is 1. The van der Waals surface area contributed by atoms with Crippen LogP contribution in [0.3, 0.4) is 0 Å². The van der Waals surface area contributed by atoms with E-state index in [0.717, 1.165) is 10.0 Å². The lowest BCUT2D eigenvalue weighted by molar-refractivity contribution is -0.147. The van der Waals surface area contributed by atoms with Crippen LogP contribution in [0.1, 0.15) is 28.8 Å². The van der Waals surface area contributed by atoms with Crippen LogP contribution >= 0.6 is 15.9 Å². The molecule has 6 heteroatoms. The molecule has 2 aromatic rings. The van der Waals surface area contributed by atoms with Crippen LogP contribution in [-0.2, 0) is 14.3 Å². The maximum Gasteiger partial charge on any atom is 0.306 e. The number of esters is 1. The predicted octanol–water partition coefficient (Wildman–Crippen LogP) is 3.90. The maximum atomic E-state index is 12.0. The molecule has 0 bridgehead atoms. The first-order valence-electron chi connectivity index (χ1n) is 7.75. The minimum atomic E-state index is -0.581.